The van der Waals surface area contributed by atoms with Crippen LogP contribution in [0.4, 0.5) is 11.4 Å². The molecule has 2 aromatic rings. The standard InChI is InChI=1S/C17H22N2O/c1-14(17-6-5-13-20-17)18-15-7-9-16(10-8-15)19-11-3-2-4-12-19/h5-10,13-14,18H,2-4,11-12H2,1H3. The Morgan fingerprint density at radius 3 is 2.45 bits per heavy atom. The van der Waals surface area contributed by atoms with Gasteiger partial charge in [0.05, 0.1) is 12.3 Å². The lowest BCUT2D eigenvalue weighted by molar-refractivity contribution is 0.490. The molecule has 1 N–H and O–H groups in total. The predicted molar refractivity (Wildman–Crippen MR) is 83.3 cm³/mol. The van der Waals surface area contributed by atoms with Crippen molar-refractivity contribution in [3.05, 3.63) is 48.4 Å². The molecule has 3 nitrogen and oxygen atoms in total. The Morgan fingerprint density at radius 1 is 1.05 bits per heavy atom. The zero-order valence-electron chi connectivity index (χ0n) is 12.0. The maximum atomic E-state index is 5.42. The number of nitrogens with one attached hydrogen (secondary N) is 1. The number of benzene rings is 1. The van der Waals surface area contributed by atoms with E-state index < -0.39 is 0 Å². The minimum atomic E-state index is 0.186. The summed E-state index contributed by atoms with van der Waals surface area (Å²) in [5.74, 6) is 0.963. The van der Waals surface area contributed by atoms with Gasteiger partial charge in [0, 0.05) is 24.5 Å². The molecule has 0 amide bonds. The van der Waals surface area contributed by atoms with Crippen LogP contribution in [0.3, 0.4) is 0 Å². The third-order valence-corrected chi connectivity index (χ3v) is 3.94. The fourth-order valence-electron chi connectivity index (χ4n) is 2.78. The summed E-state index contributed by atoms with van der Waals surface area (Å²) >= 11 is 0. The second kappa shape index (κ2) is 6.04. The first-order valence-corrected chi connectivity index (χ1v) is 7.48. The quantitative estimate of drug-likeness (QED) is 0.890. The maximum absolute atomic E-state index is 5.42. The first kappa shape index (κ1) is 13.1. The molecule has 0 radical (unpaired) electrons. The molecule has 1 fully saturated rings. The summed E-state index contributed by atoms with van der Waals surface area (Å²) in [6.45, 7) is 4.49. The van der Waals surface area contributed by atoms with E-state index in [0.29, 0.717) is 0 Å². The Morgan fingerprint density at radius 2 is 1.80 bits per heavy atom. The fourth-order valence-corrected chi connectivity index (χ4v) is 2.78. The minimum Gasteiger partial charge on any atom is -0.467 e. The smallest absolute Gasteiger partial charge is 0.125 e. The number of rotatable bonds is 4. The van der Waals surface area contributed by atoms with E-state index in [1.165, 1.54) is 38.0 Å². The highest BCUT2D eigenvalue weighted by Crippen LogP contribution is 2.24. The van der Waals surface area contributed by atoms with Gasteiger partial charge in [-0.1, -0.05) is 0 Å². The van der Waals surface area contributed by atoms with Crippen LogP contribution in [0.15, 0.2) is 47.1 Å². The summed E-state index contributed by atoms with van der Waals surface area (Å²) < 4.78 is 5.42. The van der Waals surface area contributed by atoms with Gasteiger partial charge in [-0.2, -0.15) is 0 Å². The number of hydrogen-bond donors (Lipinski definition) is 1. The molecule has 2 heterocycles. The molecule has 1 aromatic carbocycles. The van der Waals surface area contributed by atoms with Crippen molar-refractivity contribution in [3.63, 3.8) is 0 Å². The van der Waals surface area contributed by atoms with Gasteiger partial charge in [-0.3, -0.25) is 0 Å². The monoisotopic (exact) mass is 270 g/mol. The molecule has 1 atom stereocenters. The van der Waals surface area contributed by atoms with Gasteiger partial charge in [0.25, 0.3) is 0 Å². The number of furan rings is 1. The Kier molecular flexibility index (Phi) is 3.95. The first-order valence-electron chi connectivity index (χ1n) is 7.48. The zero-order chi connectivity index (χ0) is 13.8. The number of anilines is 2. The maximum Gasteiger partial charge on any atom is 0.125 e. The van der Waals surface area contributed by atoms with Crippen LogP contribution >= 0.6 is 0 Å². The van der Waals surface area contributed by atoms with Gasteiger partial charge in [-0.05, 0) is 62.6 Å². The van der Waals surface area contributed by atoms with Gasteiger partial charge in [0.15, 0.2) is 0 Å². The Hall–Kier alpha value is -1.90. The lowest BCUT2D eigenvalue weighted by Gasteiger charge is -2.29. The molecular weight excluding hydrogens is 248 g/mol. The molecule has 1 unspecified atom stereocenters. The number of nitrogens with zero attached hydrogens (tertiary/aromatic N) is 1. The molecule has 20 heavy (non-hydrogen) atoms. The first-order chi connectivity index (χ1) is 9.83. The summed E-state index contributed by atoms with van der Waals surface area (Å²) in [6.07, 6.45) is 5.72. The van der Waals surface area contributed by atoms with Crippen LogP contribution in [0.1, 0.15) is 38.0 Å². The molecule has 3 rings (SSSR count). The van der Waals surface area contributed by atoms with Crippen LogP contribution < -0.4 is 10.2 Å². The van der Waals surface area contributed by atoms with Crippen molar-refractivity contribution in [2.45, 2.75) is 32.2 Å². The van der Waals surface area contributed by atoms with E-state index in [2.05, 4.69) is 41.4 Å². The van der Waals surface area contributed by atoms with E-state index in [1.807, 2.05) is 12.1 Å². The fraction of sp³-hybridized carbons (Fsp3) is 0.412. The normalized spacial score (nSPS) is 16.9. The van der Waals surface area contributed by atoms with Crippen LogP contribution in [0, 0.1) is 0 Å². The molecule has 3 heteroatoms. The second-order valence-corrected chi connectivity index (χ2v) is 5.48. The molecule has 0 aliphatic carbocycles. The van der Waals surface area contributed by atoms with Gasteiger partial charge in [0.2, 0.25) is 0 Å². The third kappa shape index (κ3) is 2.98. The van der Waals surface area contributed by atoms with Crippen LogP contribution in [0.5, 0.6) is 0 Å². The molecule has 106 valence electrons. The van der Waals surface area contributed by atoms with Gasteiger partial charge >= 0.3 is 0 Å². The van der Waals surface area contributed by atoms with Crippen molar-refractivity contribution in [1.29, 1.82) is 0 Å². The summed E-state index contributed by atoms with van der Waals surface area (Å²) in [5, 5.41) is 3.46. The summed E-state index contributed by atoms with van der Waals surface area (Å²) in [5.41, 5.74) is 2.47. The van der Waals surface area contributed by atoms with E-state index in [1.54, 1.807) is 6.26 Å². The van der Waals surface area contributed by atoms with Crippen LogP contribution in [0.2, 0.25) is 0 Å². The predicted octanol–water partition coefficient (Wildman–Crippen LogP) is 4.44. The van der Waals surface area contributed by atoms with E-state index in [-0.39, 0.29) is 6.04 Å². The summed E-state index contributed by atoms with van der Waals surface area (Å²) in [7, 11) is 0. The summed E-state index contributed by atoms with van der Waals surface area (Å²) in [4.78, 5) is 2.48. The molecule has 1 aliphatic heterocycles. The van der Waals surface area contributed by atoms with Crippen molar-refractivity contribution in [2.75, 3.05) is 23.3 Å². The second-order valence-electron chi connectivity index (χ2n) is 5.48. The van der Waals surface area contributed by atoms with Crippen molar-refractivity contribution >= 4 is 11.4 Å². The molecule has 1 aliphatic rings. The van der Waals surface area contributed by atoms with E-state index >= 15 is 0 Å². The van der Waals surface area contributed by atoms with Gasteiger partial charge in [-0.25, -0.2) is 0 Å². The Bertz CT molecular complexity index is 512. The average Bonchev–Trinajstić information content (AvgIpc) is 3.03. The number of piperidine rings is 1. The van der Waals surface area contributed by atoms with Crippen molar-refractivity contribution in [2.24, 2.45) is 0 Å². The van der Waals surface area contributed by atoms with Gasteiger partial charge < -0.3 is 14.6 Å². The Balaban J connectivity index is 1.63. The largest absolute Gasteiger partial charge is 0.467 e. The van der Waals surface area contributed by atoms with E-state index in [9.17, 15) is 0 Å². The third-order valence-electron chi connectivity index (χ3n) is 3.94. The molecular formula is C17H22N2O. The van der Waals surface area contributed by atoms with Gasteiger partial charge in [-0.15, -0.1) is 0 Å². The Labute approximate surface area is 120 Å². The van der Waals surface area contributed by atoms with Crippen LogP contribution in [-0.4, -0.2) is 13.1 Å². The molecule has 1 aromatic heterocycles. The lowest BCUT2D eigenvalue weighted by Crippen LogP contribution is -2.29. The van der Waals surface area contributed by atoms with Crippen molar-refractivity contribution in [1.82, 2.24) is 0 Å². The van der Waals surface area contributed by atoms with E-state index in [4.69, 9.17) is 4.42 Å². The highest BCUT2D eigenvalue weighted by Gasteiger charge is 2.11. The highest BCUT2D eigenvalue weighted by molar-refractivity contribution is 5.55. The molecule has 0 bridgehead atoms. The molecule has 1 saturated heterocycles. The molecule has 0 saturated carbocycles. The highest BCUT2D eigenvalue weighted by atomic mass is 16.3. The van der Waals surface area contributed by atoms with E-state index in [0.717, 1.165) is 11.4 Å². The van der Waals surface area contributed by atoms with Crippen LogP contribution in [0.25, 0.3) is 0 Å². The summed E-state index contributed by atoms with van der Waals surface area (Å²) in [6, 6.07) is 12.8. The molecule has 0 spiro atoms. The SMILES string of the molecule is CC(Nc1ccc(N2CCCCC2)cc1)c1ccco1. The van der Waals surface area contributed by atoms with Gasteiger partial charge in [0.1, 0.15) is 5.76 Å². The number of hydrogen-bond acceptors (Lipinski definition) is 3. The van der Waals surface area contributed by atoms with Crippen LogP contribution in [-0.2, 0) is 0 Å². The lowest BCUT2D eigenvalue weighted by atomic mass is 10.1. The minimum absolute atomic E-state index is 0.186. The van der Waals surface area contributed by atoms with Crippen molar-refractivity contribution < 1.29 is 4.42 Å². The topological polar surface area (TPSA) is 28.4 Å². The zero-order valence-corrected chi connectivity index (χ0v) is 12.0. The average molecular weight is 270 g/mol. The van der Waals surface area contributed by atoms with Crippen molar-refractivity contribution in [3.8, 4) is 0 Å².